The molecule has 104 valence electrons. The number of rotatable bonds is 4. The van der Waals surface area contributed by atoms with E-state index in [1.807, 2.05) is 18.2 Å². The molecule has 18 heavy (non-hydrogen) atoms. The third-order valence-corrected chi connectivity index (χ3v) is 4.62. The van der Waals surface area contributed by atoms with Crippen LogP contribution in [0, 0.1) is 0 Å². The number of methoxy groups -OCH3 is 2. The van der Waals surface area contributed by atoms with Crippen molar-refractivity contribution in [2.45, 2.75) is 25.9 Å². The molecule has 1 aromatic carbocycles. The lowest BCUT2D eigenvalue weighted by atomic mass is 10.2. The van der Waals surface area contributed by atoms with Crippen LogP contribution in [0.1, 0.15) is 11.9 Å². The first-order valence-electron chi connectivity index (χ1n) is 6.02. The largest absolute Gasteiger partial charge is 0.421 e. The molecule has 0 saturated heterocycles. The minimum Gasteiger partial charge on any atom is -0.421 e. The van der Waals surface area contributed by atoms with Crippen molar-refractivity contribution in [1.29, 1.82) is 0 Å². The lowest BCUT2D eigenvalue weighted by Gasteiger charge is -2.15. The molecule has 0 spiro atoms. The van der Waals surface area contributed by atoms with Gasteiger partial charge in [-0.2, -0.15) is 0 Å². The molecule has 0 bridgehead atoms. The van der Waals surface area contributed by atoms with Gasteiger partial charge in [0, 0.05) is 37.1 Å². The Bertz CT molecular complexity index is 333. The Kier molecular flexibility index (Phi) is 8.38. The smallest absolute Gasteiger partial charge is 0.183 e. The SMILES string of the molecule is COC(OC)c1ccccc1[SiH3].CO[Si](C)(C)C. The first-order valence-corrected chi connectivity index (χ1v) is 10.4. The Balaban J connectivity index is 0.000000411. The van der Waals surface area contributed by atoms with Crippen molar-refractivity contribution in [2.75, 3.05) is 21.3 Å². The lowest BCUT2D eigenvalue weighted by molar-refractivity contribution is -0.105. The number of hydrogen-bond donors (Lipinski definition) is 0. The molecular formula is C13H26O3Si2. The second kappa shape index (κ2) is 8.60. The molecule has 0 aliphatic rings. The van der Waals surface area contributed by atoms with E-state index in [2.05, 4.69) is 25.7 Å². The fraction of sp³-hybridized carbons (Fsp3) is 0.538. The molecule has 5 heteroatoms. The maximum absolute atomic E-state index is 5.17. The normalized spacial score (nSPS) is 11.3. The standard InChI is InChI=1S/C9H14O2Si.C4H12OSi/c1-10-9(11-2)7-5-3-4-6-8(7)12;1-5-6(2,3)4/h3-6,9H,1-2,12H3;1-4H3. The van der Waals surface area contributed by atoms with Crippen molar-refractivity contribution < 1.29 is 13.9 Å². The number of benzene rings is 1. The van der Waals surface area contributed by atoms with Gasteiger partial charge in [0.05, 0.1) is 0 Å². The quantitative estimate of drug-likeness (QED) is 0.619. The van der Waals surface area contributed by atoms with E-state index >= 15 is 0 Å². The summed E-state index contributed by atoms with van der Waals surface area (Å²) in [6, 6.07) is 8.18. The molecule has 0 unspecified atom stereocenters. The first kappa shape index (κ1) is 17.5. The van der Waals surface area contributed by atoms with Gasteiger partial charge in [-0.3, -0.25) is 0 Å². The summed E-state index contributed by atoms with van der Waals surface area (Å²) >= 11 is 0. The fourth-order valence-corrected chi connectivity index (χ4v) is 1.80. The Morgan fingerprint density at radius 1 is 1.00 bits per heavy atom. The van der Waals surface area contributed by atoms with E-state index < -0.39 is 8.32 Å². The van der Waals surface area contributed by atoms with Crippen LogP contribution in [-0.2, 0) is 13.9 Å². The van der Waals surface area contributed by atoms with Gasteiger partial charge in [-0.05, 0) is 19.6 Å². The highest BCUT2D eigenvalue weighted by atomic mass is 28.4. The summed E-state index contributed by atoms with van der Waals surface area (Å²) in [7, 11) is 4.97. The highest BCUT2D eigenvalue weighted by molar-refractivity contribution is 6.69. The van der Waals surface area contributed by atoms with Gasteiger partial charge in [0.2, 0.25) is 0 Å². The second-order valence-corrected chi connectivity index (χ2v) is 10.7. The Hall–Kier alpha value is -0.466. The summed E-state index contributed by atoms with van der Waals surface area (Å²) in [6.07, 6.45) is -0.210. The predicted octanol–water partition coefficient (Wildman–Crippen LogP) is 1.44. The Labute approximate surface area is 115 Å². The molecule has 0 aliphatic heterocycles. The van der Waals surface area contributed by atoms with Crippen LogP contribution in [0.4, 0.5) is 0 Å². The zero-order valence-corrected chi connectivity index (χ0v) is 15.6. The lowest BCUT2D eigenvalue weighted by Crippen LogP contribution is -2.22. The van der Waals surface area contributed by atoms with Gasteiger partial charge in [-0.15, -0.1) is 0 Å². The summed E-state index contributed by atoms with van der Waals surface area (Å²) in [5, 5.41) is 1.33. The van der Waals surface area contributed by atoms with Crippen molar-refractivity contribution in [1.82, 2.24) is 0 Å². The average molecular weight is 287 g/mol. The van der Waals surface area contributed by atoms with E-state index in [-0.39, 0.29) is 6.29 Å². The van der Waals surface area contributed by atoms with Gasteiger partial charge in [-0.1, -0.05) is 29.5 Å². The van der Waals surface area contributed by atoms with Gasteiger partial charge >= 0.3 is 0 Å². The molecule has 1 aromatic rings. The molecule has 0 radical (unpaired) electrons. The van der Waals surface area contributed by atoms with Crippen LogP contribution >= 0.6 is 0 Å². The zero-order valence-electron chi connectivity index (χ0n) is 12.6. The first-order chi connectivity index (χ1) is 8.35. The zero-order chi connectivity index (χ0) is 14.2. The van der Waals surface area contributed by atoms with E-state index in [0.717, 1.165) is 15.8 Å². The van der Waals surface area contributed by atoms with Crippen molar-refractivity contribution in [3.8, 4) is 0 Å². The van der Waals surface area contributed by atoms with Gasteiger partial charge in [0.1, 0.15) is 0 Å². The fourth-order valence-electron chi connectivity index (χ4n) is 1.20. The van der Waals surface area contributed by atoms with Crippen LogP contribution in [0.5, 0.6) is 0 Å². The minimum atomic E-state index is -1.13. The third-order valence-electron chi connectivity index (χ3n) is 2.48. The maximum Gasteiger partial charge on any atom is 0.183 e. The highest BCUT2D eigenvalue weighted by Crippen LogP contribution is 2.13. The molecule has 0 aromatic heterocycles. The van der Waals surface area contributed by atoms with Crippen LogP contribution in [0.15, 0.2) is 24.3 Å². The molecule has 0 aliphatic carbocycles. The molecular weight excluding hydrogens is 260 g/mol. The summed E-state index contributed by atoms with van der Waals surface area (Å²) in [4.78, 5) is 0. The topological polar surface area (TPSA) is 27.7 Å². The maximum atomic E-state index is 5.17. The van der Waals surface area contributed by atoms with Crippen LogP contribution in [0.3, 0.4) is 0 Å². The van der Waals surface area contributed by atoms with Crippen molar-refractivity contribution in [3.63, 3.8) is 0 Å². The number of hydrogen-bond acceptors (Lipinski definition) is 3. The van der Waals surface area contributed by atoms with Crippen LogP contribution in [0.25, 0.3) is 0 Å². The monoisotopic (exact) mass is 286 g/mol. The summed E-state index contributed by atoms with van der Waals surface area (Å²) in [5.74, 6) is 0. The molecule has 1 rings (SSSR count). The predicted molar refractivity (Wildman–Crippen MR) is 83.1 cm³/mol. The van der Waals surface area contributed by atoms with Crippen molar-refractivity contribution >= 4 is 23.7 Å². The molecule has 0 fully saturated rings. The molecule has 0 heterocycles. The van der Waals surface area contributed by atoms with E-state index in [9.17, 15) is 0 Å². The molecule has 0 amide bonds. The number of ether oxygens (including phenoxy) is 2. The van der Waals surface area contributed by atoms with Gasteiger partial charge in [0.25, 0.3) is 0 Å². The van der Waals surface area contributed by atoms with E-state index in [4.69, 9.17) is 13.9 Å². The van der Waals surface area contributed by atoms with Gasteiger partial charge in [-0.25, -0.2) is 0 Å². The van der Waals surface area contributed by atoms with Gasteiger partial charge in [0.15, 0.2) is 14.6 Å². The van der Waals surface area contributed by atoms with E-state index in [0.29, 0.717) is 0 Å². The molecule has 0 N–H and O–H groups in total. The molecule has 0 atom stereocenters. The molecule has 3 nitrogen and oxygen atoms in total. The third kappa shape index (κ3) is 7.08. The van der Waals surface area contributed by atoms with Crippen LogP contribution in [0.2, 0.25) is 19.6 Å². The van der Waals surface area contributed by atoms with Crippen LogP contribution < -0.4 is 5.19 Å². The molecule has 0 saturated carbocycles. The summed E-state index contributed by atoms with van der Waals surface area (Å²) in [6.45, 7) is 6.48. The average Bonchev–Trinajstić information content (AvgIpc) is 2.33. The van der Waals surface area contributed by atoms with Crippen LogP contribution in [-0.4, -0.2) is 39.9 Å². The Morgan fingerprint density at radius 3 is 1.78 bits per heavy atom. The van der Waals surface area contributed by atoms with Gasteiger partial charge < -0.3 is 13.9 Å². The van der Waals surface area contributed by atoms with E-state index in [1.54, 1.807) is 21.3 Å². The van der Waals surface area contributed by atoms with E-state index in [1.165, 1.54) is 5.19 Å². The minimum absolute atomic E-state index is 0.210. The summed E-state index contributed by atoms with van der Waals surface area (Å²) in [5.41, 5.74) is 1.15. The second-order valence-electron chi connectivity index (χ2n) is 4.98. The Morgan fingerprint density at radius 2 is 1.44 bits per heavy atom. The van der Waals surface area contributed by atoms with Crippen molar-refractivity contribution in [3.05, 3.63) is 29.8 Å². The summed E-state index contributed by atoms with van der Waals surface area (Å²) < 4.78 is 15.4. The van der Waals surface area contributed by atoms with Crippen molar-refractivity contribution in [2.24, 2.45) is 0 Å². The highest BCUT2D eigenvalue weighted by Gasteiger charge is 2.10.